The fourth-order valence-electron chi connectivity index (χ4n) is 1.93. The summed E-state index contributed by atoms with van der Waals surface area (Å²) in [6, 6.07) is 7.25. The Morgan fingerprint density at radius 2 is 2.10 bits per heavy atom. The Morgan fingerprint density at radius 3 is 2.75 bits per heavy atom. The van der Waals surface area contributed by atoms with E-state index in [0.717, 1.165) is 12.8 Å². The van der Waals surface area contributed by atoms with E-state index in [0.29, 0.717) is 10.8 Å². The van der Waals surface area contributed by atoms with Crippen molar-refractivity contribution in [3.63, 3.8) is 0 Å². The van der Waals surface area contributed by atoms with E-state index in [1.54, 1.807) is 31.2 Å². The van der Waals surface area contributed by atoms with Gasteiger partial charge in [0.05, 0.1) is 0 Å². The van der Waals surface area contributed by atoms with Crippen molar-refractivity contribution in [1.82, 2.24) is 5.32 Å². The highest BCUT2D eigenvalue weighted by atomic mass is 35.5. The number of benzene rings is 1. The number of nitrogens with one attached hydrogen (secondary N) is 1. The Kier molecular flexibility index (Phi) is 7.45. The van der Waals surface area contributed by atoms with Gasteiger partial charge in [0, 0.05) is 11.1 Å². The third-order valence-corrected chi connectivity index (χ3v) is 3.34. The van der Waals surface area contributed by atoms with Crippen molar-refractivity contribution in [1.29, 1.82) is 0 Å². The minimum absolute atomic E-state index is 0.0889. The molecule has 0 unspecified atom stereocenters. The Morgan fingerprint density at radius 1 is 1.35 bits per heavy atom. The second kappa shape index (κ2) is 8.85. The number of halogens is 1. The number of unbranched alkanes of at least 4 members (excludes halogenated alkanes) is 2. The van der Waals surface area contributed by atoms with Crippen LogP contribution in [0.1, 0.15) is 46.5 Å². The molecule has 1 rings (SSSR count). The molecule has 1 aromatic rings. The zero-order valence-electron chi connectivity index (χ0n) is 12.5. The lowest BCUT2D eigenvalue weighted by Gasteiger charge is -2.18. The first kappa shape index (κ1) is 16.8. The number of amides is 1. The quantitative estimate of drug-likeness (QED) is 0.731. The fourth-order valence-corrected chi connectivity index (χ4v) is 2.11. The van der Waals surface area contributed by atoms with Crippen LogP contribution >= 0.6 is 11.6 Å². The number of carbonyl (C=O) groups excluding carboxylic acids is 1. The maximum absolute atomic E-state index is 12.0. The van der Waals surface area contributed by atoms with Gasteiger partial charge in [-0.15, -0.1) is 0 Å². The summed E-state index contributed by atoms with van der Waals surface area (Å²) in [5, 5.41) is 3.58. The molecule has 2 atom stereocenters. The number of rotatable bonds is 8. The van der Waals surface area contributed by atoms with E-state index in [1.807, 2.05) is 6.92 Å². The minimum atomic E-state index is -0.526. The van der Waals surface area contributed by atoms with Crippen LogP contribution in [-0.2, 0) is 4.79 Å². The average Bonchev–Trinajstić information content (AvgIpc) is 2.38. The van der Waals surface area contributed by atoms with Gasteiger partial charge in [0.15, 0.2) is 6.10 Å². The molecule has 0 saturated heterocycles. The third-order valence-electron chi connectivity index (χ3n) is 3.11. The smallest absolute Gasteiger partial charge is 0.260 e. The van der Waals surface area contributed by atoms with Gasteiger partial charge < -0.3 is 10.1 Å². The van der Waals surface area contributed by atoms with Crippen LogP contribution in [0.2, 0.25) is 5.02 Å². The third kappa shape index (κ3) is 6.29. The van der Waals surface area contributed by atoms with E-state index >= 15 is 0 Å². The van der Waals surface area contributed by atoms with Gasteiger partial charge >= 0.3 is 0 Å². The highest BCUT2D eigenvalue weighted by Gasteiger charge is 2.16. The molecule has 0 saturated carbocycles. The van der Waals surface area contributed by atoms with Gasteiger partial charge in [-0.1, -0.05) is 43.9 Å². The van der Waals surface area contributed by atoms with E-state index < -0.39 is 6.10 Å². The standard InChI is InChI=1S/C16H24ClNO2/c1-4-5-6-8-12(2)18-16(19)13(3)20-15-10-7-9-14(17)11-15/h7,9-13H,4-6,8H2,1-3H3,(H,18,19)/t12-,13-/m0/s1. The summed E-state index contributed by atoms with van der Waals surface area (Å²) in [5.41, 5.74) is 0. The molecule has 0 bridgehead atoms. The van der Waals surface area contributed by atoms with Crippen molar-refractivity contribution in [3.05, 3.63) is 29.3 Å². The van der Waals surface area contributed by atoms with Gasteiger partial charge in [-0.25, -0.2) is 0 Å². The lowest BCUT2D eigenvalue weighted by Crippen LogP contribution is -2.41. The summed E-state index contributed by atoms with van der Waals surface area (Å²) in [4.78, 5) is 12.0. The molecule has 0 spiro atoms. The first-order valence-corrected chi connectivity index (χ1v) is 7.63. The molecule has 0 aromatic heterocycles. The second-order valence-corrected chi connectivity index (χ2v) is 5.56. The summed E-state index contributed by atoms with van der Waals surface area (Å²) in [6.07, 6.45) is 4.01. The predicted molar refractivity (Wildman–Crippen MR) is 83.3 cm³/mol. The average molecular weight is 298 g/mol. The Balaban J connectivity index is 2.39. The van der Waals surface area contributed by atoms with Crippen molar-refractivity contribution in [3.8, 4) is 5.75 Å². The summed E-state index contributed by atoms with van der Waals surface area (Å²) in [7, 11) is 0. The SMILES string of the molecule is CCCCC[C@H](C)NC(=O)[C@H](C)Oc1cccc(Cl)c1. The van der Waals surface area contributed by atoms with E-state index in [9.17, 15) is 4.79 Å². The normalized spacial score (nSPS) is 13.6. The zero-order chi connectivity index (χ0) is 15.0. The summed E-state index contributed by atoms with van der Waals surface area (Å²) in [5.74, 6) is 0.521. The van der Waals surface area contributed by atoms with E-state index in [1.165, 1.54) is 12.8 Å². The Hall–Kier alpha value is -1.22. The molecule has 1 amide bonds. The van der Waals surface area contributed by atoms with Gasteiger partial charge in [0.25, 0.3) is 5.91 Å². The number of hydrogen-bond acceptors (Lipinski definition) is 2. The molecule has 4 heteroatoms. The topological polar surface area (TPSA) is 38.3 Å². The second-order valence-electron chi connectivity index (χ2n) is 5.12. The van der Waals surface area contributed by atoms with Crippen LogP contribution < -0.4 is 10.1 Å². The van der Waals surface area contributed by atoms with Gasteiger partial charge in [0.1, 0.15) is 5.75 Å². The molecule has 0 fully saturated rings. The maximum atomic E-state index is 12.0. The van der Waals surface area contributed by atoms with Crippen molar-refractivity contribution in [2.45, 2.75) is 58.6 Å². The molecule has 112 valence electrons. The van der Waals surface area contributed by atoms with Crippen molar-refractivity contribution in [2.75, 3.05) is 0 Å². The van der Waals surface area contributed by atoms with Crippen molar-refractivity contribution >= 4 is 17.5 Å². The Labute approximate surface area is 126 Å². The Bertz CT molecular complexity index is 423. The molecule has 20 heavy (non-hydrogen) atoms. The number of hydrogen-bond donors (Lipinski definition) is 1. The van der Waals surface area contributed by atoms with Crippen molar-refractivity contribution in [2.24, 2.45) is 0 Å². The molecule has 3 nitrogen and oxygen atoms in total. The lowest BCUT2D eigenvalue weighted by atomic mass is 10.1. The van der Waals surface area contributed by atoms with Crippen molar-refractivity contribution < 1.29 is 9.53 Å². The molecule has 0 radical (unpaired) electrons. The first-order valence-electron chi connectivity index (χ1n) is 7.25. The summed E-state index contributed by atoms with van der Waals surface area (Å²) >= 11 is 5.88. The molecule has 0 aliphatic heterocycles. The molecular weight excluding hydrogens is 274 g/mol. The molecule has 0 aliphatic carbocycles. The zero-order valence-corrected chi connectivity index (χ0v) is 13.2. The van der Waals surface area contributed by atoms with Crippen LogP contribution in [0.5, 0.6) is 5.75 Å². The largest absolute Gasteiger partial charge is 0.481 e. The van der Waals surface area contributed by atoms with Crippen LogP contribution in [0, 0.1) is 0 Å². The molecule has 0 aliphatic rings. The summed E-state index contributed by atoms with van der Waals surface area (Å²) in [6.45, 7) is 5.94. The molecule has 1 N–H and O–H groups in total. The van der Waals surface area contributed by atoms with Gasteiger partial charge in [0.2, 0.25) is 0 Å². The molecule has 0 heterocycles. The van der Waals surface area contributed by atoms with Crippen LogP contribution in [0.3, 0.4) is 0 Å². The predicted octanol–water partition coefficient (Wildman–Crippen LogP) is 4.19. The van der Waals surface area contributed by atoms with E-state index in [2.05, 4.69) is 12.2 Å². The number of ether oxygens (including phenoxy) is 1. The van der Waals surface area contributed by atoms with Gasteiger partial charge in [-0.05, 0) is 38.5 Å². The highest BCUT2D eigenvalue weighted by Crippen LogP contribution is 2.18. The van der Waals surface area contributed by atoms with Gasteiger partial charge in [-0.3, -0.25) is 4.79 Å². The van der Waals surface area contributed by atoms with E-state index in [-0.39, 0.29) is 11.9 Å². The van der Waals surface area contributed by atoms with Crippen LogP contribution in [0.15, 0.2) is 24.3 Å². The fraction of sp³-hybridized carbons (Fsp3) is 0.562. The van der Waals surface area contributed by atoms with E-state index in [4.69, 9.17) is 16.3 Å². The maximum Gasteiger partial charge on any atom is 0.260 e. The van der Waals surface area contributed by atoms with Crippen LogP contribution in [0.4, 0.5) is 0 Å². The highest BCUT2D eigenvalue weighted by molar-refractivity contribution is 6.30. The van der Waals surface area contributed by atoms with Crippen LogP contribution in [0.25, 0.3) is 0 Å². The minimum Gasteiger partial charge on any atom is -0.481 e. The lowest BCUT2D eigenvalue weighted by molar-refractivity contribution is -0.127. The molecular formula is C16H24ClNO2. The molecule has 1 aromatic carbocycles. The van der Waals surface area contributed by atoms with Gasteiger partial charge in [-0.2, -0.15) is 0 Å². The van der Waals surface area contributed by atoms with Crippen LogP contribution in [-0.4, -0.2) is 18.1 Å². The monoisotopic (exact) mass is 297 g/mol. The first-order chi connectivity index (χ1) is 9.52. The summed E-state index contributed by atoms with van der Waals surface area (Å²) < 4.78 is 5.59. The number of carbonyl (C=O) groups is 1.